The summed E-state index contributed by atoms with van der Waals surface area (Å²) in [7, 11) is 1.65. The minimum atomic E-state index is 0.0575. The second-order valence-corrected chi connectivity index (χ2v) is 4.25. The zero-order chi connectivity index (χ0) is 13.7. The summed E-state index contributed by atoms with van der Waals surface area (Å²) in [4.78, 5) is 0. The van der Waals surface area contributed by atoms with Crippen molar-refractivity contribution in [1.82, 2.24) is 15.0 Å². The first-order valence-corrected chi connectivity index (χ1v) is 6.11. The Morgan fingerprint density at radius 3 is 3.00 bits per heavy atom. The molecule has 6 heteroatoms. The van der Waals surface area contributed by atoms with Crippen LogP contribution < -0.4 is 10.1 Å². The first-order valence-electron chi connectivity index (χ1n) is 6.11. The predicted octanol–water partition coefficient (Wildman–Crippen LogP) is 1.20. The molecular formula is C13H18N4O2. The summed E-state index contributed by atoms with van der Waals surface area (Å²) in [6.07, 6.45) is 1.81. The number of aliphatic hydroxyl groups excluding tert-OH is 1. The Bertz CT molecular complexity index is 539. The Balaban J connectivity index is 2.03. The van der Waals surface area contributed by atoms with Gasteiger partial charge in [-0.25, -0.2) is 4.68 Å². The molecule has 0 saturated heterocycles. The lowest BCUT2D eigenvalue weighted by atomic mass is 10.2. The van der Waals surface area contributed by atoms with Crippen molar-refractivity contribution in [2.24, 2.45) is 0 Å². The van der Waals surface area contributed by atoms with Crippen LogP contribution in [0.3, 0.4) is 0 Å². The van der Waals surface area contributed by atoms with Gasteiger partial charge in [-0.15, -0.1) is 5.10 Å². The Labute approximate surface area is 112 Å². The number of nitrogens with zero attached hydrogens (tertiary/aromatic N) is 3. The lowest BCUT2D eigenvalue weighted by Gasteiger charge is -2.10. The third kappa shape index (κ3) is 3.45. The number of anilines is 1. The molecule has 0 bridgehead atoms. The molecule has 0 atom stereocenters. The maximum absolute atomic E-state index is 8.81. The second-order valence-electron chi connectivity index (χ2n) is 4.25. The monoisotopic (exact) mass is 262 g/mol. The number of aliphatic hydroxyl groups is 1. The summed E-state index contributed by atoms with van der Waals surface area (Å²) in [5, 5.41) is 20.0. The number of hydrogen-bond acceptors (Lipinski definition) is 5. The van der Waals surface area contributed by atoms with Crippen molar-refractivity contribution in [2.75, 3.05) is 19.0 Å². The lowest BCUT2D eigenvalue weighted by molar-refractivity contribution is 0.268. The molecule has 0 fully saturated rings. The van der Waals surface area contributed by atoms with Crippen LogP contribution in [0.25, 0.3) is 0 Å². The van der Waals surface area contributed by atoms with Gasteiger partial charge in [0, 0.05) is 0 Å². The van der Waals surface area contributed by atoms with Crippen LogP contribution in [-0.4, -0.2) is 33.8 Å². The molecule has 1 aromatic carbocycles. The van der Waals surface area contributed by atoms with E-state index in [1.165, 1.54) is 0 Å². The van der Waals surface area contributed by atoms with Gasteiger partial charge in [0.15, 0.2) is 0 Å². The van der Waals surface area contributed by atoms with Crippen molar-refractivity contribution in [1.29, 1.82) is 0 Å². The van der Waals surface area contributed by atoms with E-state index in [4.69, 9.17) is 9.84 Å². The van der Waals surface area contributed by atoms with Gasteiger partial charge < -0.3 is 15.2 Å². The number of hydrogen-bond donors (Lipinski definition) is 2. The highest BCUT2D eigenvalue weighted by Crippen LogP contribution is 2.25. The Kier molecular flexibility index (Phi) is 4.35. The van der Waals surface area contributed by atoms with Crippen LogP contribution in [0.4, 0.5) is 5.69 Å². The number of benzene rings is 1. The molecule has 6 nitrogen and oxygen atoms in total. The molecule has 0 spiro atoms. The third-order valence-electron chi connectivity index (χ3n) is 2.73. The van der Waals surface area contributed by atoms with Gasteiger partial charge in [0.05, 0.1) is 38.7 Å². The number of nitrogens with one attached hydrogen (secondary N) is 1. The molecule has 0 unspecified atom stereocenters. The van der Waals surface area contributed by atoms with Crippen molar-refractivity contribution in [3.05, 3.63) is 35.7 Å². The van der Waals surface area contributed by atoms with Gasteiger partial charge in [-0.2, -0.15) is 0 Å². The van der Waals surface area contributed by atoms with E-state index < -0.39 is 0 Å². The Morgan fingerprint density at radius 2 is 2.26 bits per heavy atom. The van der Waals surface area contributed by atoms with Crippen LogP contribution in [0.2, 0.25) is 0 Å². The van der Waals surface area contributed by atoms with Crippen LogP contribution >= 0.6 is 0 Å². The summed E-state index contributed by atoms with van der Waals surface area (Å²) in [6.45, 7) is 3.11. The summed E-state index contributed by atoms with van der Waals surface area (Å²) < 4.78 is 6.91. The number of aromatic nitrogens is 3. The van der Waals surface area contributed by atoms with Crippen molar-refractivity contribution < 1.29 is 9.84 Å². The van der Waals surface area contributed by atoms with Crippen molar-refractivity contribution in [3.63, 3.8) is 0 Å². The van der Waals surface area contributed by atoms with E-state index in [1.54, 1.807) is 11.8 Å². The number of ether oxygens (including phenoxy) is 1. The molecule has 0 aliphatic rings. The summed E-state index contributed by atoms with van der Waals surface area (Å²) >= 11 is 0. The molecule has 2 aromatic rings. The Morgan fingerprint density at radius 1 is 1.42 bits per heavy atom. The van der Waals surface area contributed by atoms with Crippen LogP contribution in [0.15, 0.2) is 24.4 Å². The van der Waals surface area contributed by atoms with Gasteiger partial charge in [0.25, 0.3) is 0 Å². The number of rotatable bonds is 6. The van der Waals surface area contributed by atoms with Crippen molar-refractivity contribution in [3.8, 4) is 5.75 Å². The van der Waals surface area contributed by atoms with E-state index in [2.05, 4.69) is 15.6 Å². The highest BCUT2D eigenvalue weighted by atomic mass is 16.5. The van der Waals surface area contributed by atoms with Gasteiger partial charge in [0.1, 0.15) is 11.4 Å². The maximum Gasteiger partial charge on any atom is 0.141 e. The van der Waals surface area contributed by atoms with E-state index in [-0.39, 0.29) is 6.61 Å². The van der Waals surface area contributed by atoms with E-state index in [0.717, 1.165) is 22.7 Å². The summed E-state index contributed by atoms with van der Waals surface area (Å²) in [5.41, 5.74) is 2.91. The molecule has 102 valence electrons. The fourth-order valence-corrected chi connectivity index (χ4v) is 1.78. The minimum absolute atomic E-state index is 0.0575. The molecule has 0 aliphatic carbocycles. The van der Waals surface area contributed by atoms with Crippen molar-refractivity contribution >= 4 is 5.69 Å². The smallest absolute Gasteiger partial charge is 0.141 e. The van der Waals surface area contributed by atoms with Crippen LogP contribution in [0, 0.1) is 6.92 Å². The molecule has 0 radical (unpaired) electrons. The molecular weight excluding hydrogens is 244 g/mol. The molecule has 1 heterocycles. The van der Waals surface area contributed by atoms with Crippen LogP contribution in [0.5, 0.6) is 5.75 Å². The molecule has 0 amide bonds. The minimum Gasteiger partial charge on any atom is -0.495 e. The molecule has 1 aromatic heterocycles. The van der Waals surface area contributed by atoms with Crippen LogP contribution in [-0.2, 0) is 13.1 Å². The topological polar surface area (TPSA) is 72.2 Å². The first kappa shape index (κ1) is 13.4. The molecule has 19 heavy (non-hydrogen) atoms. The van der Waals surface area contributed by atoms with Crippen molar-refractivity contribution in [2.45, 2.75) is 20.0 Å². The van der Waals surface area contributed by atoms with E-state index in [9.17, 15) is 0 Å². The van der Waals surface area contributed by atoms with E-state index >= 15 is 0 Å². The lowest BCUT2D eigenvalue weighted by Crippen LogP contribution is -2.03. The summed E-state index contributed by atoms with van der Waals surface area (Å²) in [6, 6.07) is 5.96. The standard InChI is InChI=1S/C13H18N4O2/c1-10-3-4-13(19-2)12(7-10)14-8-11-9-17(5-6-18)16-15-11/h3-4,7,9,14,18H,5-6,8H2,1-2H3. The highest BCUT2D eigenvalue weighted by Gasteiger charge is 2.05. The maximum atomic E-state index is 8.81. The molecule has 0 aliphatic heterocycles. The second kappa shape index (κ2) is 6.19. The van der Waals surface area contributed by atoms with E-state index in [0.29, 0.717) is 13.1 Å². The normalized spacial score (nSPS) is 10.5. The Hall–Kier alpha value is -2.08. The average molecular weight is 262 g/mol. The fourth-order valence-electron chi connectivity index (χ4n) is 1.78. The molecule has 2 N–H and O–H groups in total. The van der Waals surface area contributed by atoms with E-state index in [1.807, 2.05) is 31.3 Å². The number of aryl methyl sites for hydroxylation is 1. The van der Waals surface area contributed by atoms with Gasteiger partial charge in [-0.1, -0.05) is 11.3 Å². The zero-order valence-electron chi connectivity index (χ0n) is 11.1. The van der Waals surface area contributed by atoms with Gasteiger partial charge in [-0.3, -0.25) is 0 Å². The van der Waals surface area contributed by atoms with Gasteiger partial charge in [0.2, 0.25) is 0 Å². The predicted molar refractivity (Wildman–Crippen MR) is 72.2 cm³/mol. The number of methoxy groups -OCH3 is 1. The molecule has 0 saturated carbocycles. The molecule has 2 rings (SSSR count). The third-order valence-corrected chi connectivity index (χ3v) is 2.73. The first-order chi connectivity index (χ1) is 9.22. The quantitative estimate of drug-likeness (QED) is 0.818. The zero-order valence-corrected chi connectivity index (χ0v) is 11.1. The largest absolute Gasteiger partial charge is 0.495 e. The fraction of sp³-hybridized carbons (Fsp3) is 0.385. The van der Waals surface area contributed by atoms with Crippen LogP contribution in [0.1, 0.15) is 11.3 Å². The SMILES string of the molecule is COc1ccc(C)cc1NCc1cn(CCO)nn1. The van der Waals surface area contributed by atoms with Gasteiger partial charge >= 0.3 is 0 Å². The highest BCUT2D eigenvalue weighted by molar-refractivity contribution is 5.57. The van der Waals surface area contributed by atoms with Gasteiger partial charge in [-0.05, 0) is 24.6 Å². The summed E-state index contributed by atoms with van der Waals surface area (Å²) in [5.74, 6) is 0.799. The average Bonchev–Trinajstić information content (AvgIpc) is 2.85.